The summed E-state index contributed by atoms with van der Waals surface area (Å²) in [7, 11) is 0. The third-order valence-corrected chi connectivity index (χ3v) is 3.02. The third kappa shape index (κ3) is 2.19. The number of carbonyl (C=O) groups is 1. The van der Waals surface area contributed by atoms with Crippen LogP contribution in [0.2, 0.25) is 0 Å². The summed E-state index contributed by atoms with van der Waals surface area (Å²) >= 11 is 0. The standard InChI is InChI=1S/C9H18O6/c1-7(13,5-11)9(3,15)8(2,14)6(12)4-10/h5-6,10,12-15H,4H2,1-3H3/t6-,7-,8-,9-/m1/s1. The number of aldehydes is 1. The maximum absolute atomic E-state index is 10.6. The van der Waals surface area contributed by atoms with E-state index in [4.69, 9.17) is 5.11 Å². The SMILES string of the molecule is C[C@@](O)([C@](C)(O)C=O)[C@](C)(O)[C@H](O)CO. The Bertz CT molecular complexity index is 233. The fourth-order valence-electron chi connectivity index (χ4n) is 1.13. The Morgan fingerprint density at radius 3 is 1.87 bits per heavy atom. The van der Waals surface area contributed by atoms with E-state index >= 15 is 0 Å². The highest BCUT2D eigenvalue weighted by molar-refractivity contribution is 5.64. The topological polar surface area (TPSA) is 118 Å². The lowest BCUT2D eigenvalue weighted by Crippen LogP contribution is -2.69. The molecular formula is C9H18O6. The van der Waals surface area contributed by atoms with Gasteiger partial charge in [0.05, 0.1) is 6.61 Å². The van der Waals surface area contributed by atoms with Gasteiger partial charge in [0.1, 0.15) is 22.9 Å². The van der Waals surface area contributed by atoms with Crippen molar-refractivity contribution >= 4 is 6.29 Å². The van der Waals surface area contributed by atoms with Crippen LogP contribution in [-0.4, -0.2) is 61.3 Å². The number of aliphatic hydroxyl groups excluding tert-OH is 2. The Labute approximate surface area is 87.8 Å². The summed E-state index contributed by atoms with van der Waals surface area (Å²) in [6, 6.07) is 0. The van der Waals surface area contributed by atoms with Crippen molar-refractivity contribution in [2.45, 2.75) is 43.7 Å². The van der Waals surface area contributed by atoms with Gasteiger partial charge in [-0.3, -0.25) is 0 Å². The molecule has 90 valence electrons. The van der Waals surface area contributed by atoms with Crippen molar-refractivity contribution in [3.8, 4) is 0 Å². The zero-order valence-corrected chi connectivity index (χ0v) is 9.01. The molecule has 0 fully saturated rings. The largest absolute Gasteiger partial charge is 0.394 e. The van der Waals surface area contributed by atoms with E-state index in [-0.39, 0.29) is 6.29 Å². The van der Waals surface area contributed by atoms with Gasteiger partial charge in [0.15, 0.2) is 6.29 Å². The van der Waals surface area contributed by atoms with E-state index in [1.807, 2.05) is 0 Å². The van der Waals surface area contributed by atoms with Crippen LogP contribution in [0.4, 0.5) is 0 Å². The average molecular weight is 222 g/mol. The molecule has 5 N–H and O–H groups in total. The number of hydrogen-bond acceptors (Lipinski definition) is 6. The first-order valence-electron chi connectivity index (χ1n) is 4.47. The van der Waals surface area contributed by atoms with Crippen LogP contribution in [0.1, 0.15) is 20.8 Å². The average Bonchev–Trinajstić information content (AvgIpc) is 2.15. The molecule has 0 rings (SSSR count). The lowest BCUT2D eigenvalue weighted by molar-refractivity contribution is -0.248. The zero-order valence-electron chi connectivity index (χ0n) is 9.01. The molecule has 6 heteroatoms. The molecule has 0 heterocycles. The van der Waals surface area contributed by atoms with Crippen molar-refractivity contribution in [3.05, 3.63) is 0 Å². The van der Waals surface area contributed by atoms with Gasteiger partial charge >= 0.3 is 0 Å². The zero-order chi connectivity index (χ0) is 12.5. The van der Waals surface area contributed by atoms with Gasteiger partial charge in [-0.25, -0.2) is 0 Å². The van der Waals surface area contributed by atoms with Crippen molar-refractivity contribution < 1.29 is 30.3 Å². The van der Waals surface area contributed by atoms with Crippen LogP contribution < -0.4 is 0 Å². The van der Waals surface area contributed by atoms with Crippen molar-refractivity contribution in [1.29, 1.82) is 0 Å². The second-order valence-electron chi connectivity index (χ2n) is 4.18. The lowest BCUT2D eigenvalue weighted by atomic mass is 9.71. The van der Waals surface area contributed by atoms with Gasteiger partial charge in [0, 0.05) is 0 Å². The van der Waals surface area contributed by atoms with Crippen LogP contribution in [0.25, 0.3) is 0 Å². The maximum atomic E-state index is 10.6. The molecule has 6 nitrogen and oxygen atoms in total. The number of carbonyl (C=O) groups excluding carboxylic acids is 1. The predicted octanol–water partition coefficient (Wildman–Crippen LogP) is -2.21. The number of hydrogen-bond donors (Lipinski definition) is 5. The van der Waals surface area contributed by atoms with Gasteiger partial charge in [0.2, 0.25) is 0 Å². The van der Waals surface area contributed by atoms with Crippen molar-refractivity contribution in [2.24, 2.45) is 0 Å². The molecule has 0 spiro atoms. The molecule has 0 bridgehead atoms. The predicted molar refractivity (Wildman–Crippen MR) is 51.0 cm³/mol. The van der Waals surface area contributed by atoms with Crippen LogP contribution >= 0.6 is 0 Å². The smallest absolute Gasteiger partial charge is 0.154 e. The first-order chi connectivity index (χ1) is 6.54. The summed E-state index contributed by atoms with van der Waals surface area (Å²) in [6.07, 6.45) is -1.62. The van der Waals surface area contributed by atoms with Crippen LogP contribution in [0, 0.1) is 0 Å². The first-order valence-corrected chi connectivity index (χ1v) is 4.47. The molecule has 0 unspecified atom stereocenters. The van der Waals surface area contributed by atoms with Crippen molar-refractivity contribution in [2.75, 3.05) is 6.61 Å². The highest BCUT2D eigenvalue weighted by Crippen LogP contribution is 2.34. The van der Waals surface area contributed by atoms with E-state index in [0.29, 0.717) is 0 Å². The fourth-order valence-corrected chi connectivity index (χ4v) is 1.13. The van der Waals surface area contributed by atoms with Crippen LogP contribution in [0.3, 0.4) is 0 Å². The minimum absolute atomic E-state index is 0.0611. The summed E-state index contributed by atoms with van der Waals surface area (Å²) < 4.78 is 0. The monoisotopic (exact) mass is 222 g/mol. The highest BCUT2D eigenvalue weighted by atomic mass is 16.4. The van der Waals surface area contributed by atoms with Gasteiger partial charge in [-0.05, 0) is 20.8 Å². The number of rotatable bonds is 5. The van der Waals surface area contributed by atoms with Gasteiger partial charge in [-0.1, -0.05) is 0 Å². The van der Waals surface area contributed by atoms with Gasteiger partial charge in [-0.2, -0.15) is 0 Å². The fraction of sp³-hybridized carbons (Fsp3) is 0.889. The minimum Gasteiger partial charge on any atom is -0.394 e. The summed E-state index contributed by atoms with van der Waals surface area (Å²) in [4.78, 5) is 10.6. The Balaban J connectivity index is 5.26. The first kappa shape index (κ1) is 14.5. The Morgan fingerprint density at radius 1 is 1.20 bits per heavy atom. The Kier molecular flexibility index (Phi) is 4.00. The van der Waals surface area contributed by atoms with E-state index in [1.54, 1.807) is 0 Å². The molecule has 0 amide bonds. The molecule has 0 aromatic carbocycles. The highest BCUT2D eigenvalue weighted by Gasteiger charge is 2.57. The quantitative estimate of drug-likeness (QED) is 0.337. The van der Waals surface area contributed by atoms with Crippen molar-refractivity contribution in [1.82, 2.24) is 0 Å². The van der Waals surface area contributed by atoms with E-state index in [9.17, 15) is 25.2 Å². The van der Waals surface area contributed by atoms with Crippen molar-refractivity contribution in [3.63, 3.8) is 0 Å². The summed E-state index contributed by atoms with van der Waals surface area (Å²) in [6.45, 7) is 2.21. The van der Waals surface area contributed by atoms with Crippen LogP contribution in [-0.2, 0) is 4.79 Å². The molecule has 0 aliphatic rings. The van der Waals surface area contributed by atoms with Gasteiger partial charge < -0.3 is 30.3 Å². The second kappa shape index (κ2) is 4.15. The lowest BCUT2D eigenvalue weighted by Gasteiger charge is -2.46. The molecule has 4 atom stereocenters. The normalized spacial score (nSPS) is 25.9. The van der Waals surface area contributed by atoms with E-state index in [1.165, 1.54) is 0 Å². The van der Waals surface area contributed by atoms with Gasteiger partial charge in [0.25, 0.3) is 0 Å². The van der Waals surface area contributed by atoms with E-state index < -0.39 is 29.5 Å². The number of aliphatic hydroxyl groups is 5. The van der Waals surface area contributed by atoms with E-state index in [0.717, 1.165) is 20.8 Å². The molecule has 0 saturated carbocycles. The van der Waals surface area contributed by atoms with E-state index in [2.05, 4.69) is 0 Å². The van der Waals surface area contributed by atoms with Crippen LogP contribution in [0.15, 0.2) is 0 Å². The van der Waals surface area contributed by atoms with Gasteiger partial charge in [-0.15, -0.1) is 0 Å². The summed E-state index contributed by atoms with van der Waals surface area (Å²) in [5.41, 5.74) is -6.78. The molecule has 15 heavy (non-hydrogen) atoms. The third-order valence-electron chi connectivity index (χ3n) is 3.02. The summed E-state index contributed by atoms with van der Waals surface area (Å²) in [5, 5.41) is 47.2. The van der Waals surface area contributed by atoms with Crippen LogP contribution in [0.5, 0.6) is 0 Å². The molecule has 0 saturated heterocycles. The minimum atomic E-state index is -2.30. The Hall–Kier alpha value is -0.530. The molecular weight excluding hydrogens is 204 g/mol. The second-order valence-corrected chi connectivity index (χ2v) is 4.18. The molecule has 0 radical (unpaired) electrons. The molecule has 0 aromatic rings. The molecule has 0 aromatic heterocycles. The molecule has 0 aliphatic heterocycles. The maximum Gasteiger partial charge on any atom is 0.154 e. The Morgan fingerprint density at radius 2 is 1.60 bits per heavy atom. The summed E-state index contributed by atoms with van der Waals surface area (Å²) in [5.74, 6) is 0. The molecule has 0 aliphatic carbocycles.